The van der Waals surface area contributed by atoms with Crippen LogP contribution in [0.2, 0.25) is 0 Å². The van der Waals surface area contributed by atoms with Crippen LogP contribution in [0.5, 0.6) is 5.75 Å². The Labute approximate surface area is 202 Å². The number of amides is 2. The molecule has 1 saturated heterocycles. The van der Waals surface area contributed by atoms with Crippen molar-refractivity contribution >= 4 is 28.5 Å². The molecule has 1 aromatic heterocycles. The Balaban J connectivity index is 1.63. The number of fused-ring (bicyclic) bond motifs is 1. The van der Waals surface area contributed by atoms with Crippen LogP contribution < -0.4 is 16.3 Å². The number of carbonyl (C=O) groups excluding carboxylic acids is 3. The van der Waals surface area contributed by atoms with Gasteiger partial charge in [-0.15, -0.1) is 0 Å². The zero-order valence-electron chi connectivity index (χ0n) is 19.8. The topological polar surface area (TPSA) is 124 Å². The van der Waals surface area contributed by atoms with Gasteiger partial charge < -0.3 is 21.2 Å². The largest absolute Gasteiger partial charge is 0.496 e. The van der Waals surface area contributed by atoms with E-state index in [1.54, 1.807) is 23.1 Å². The van der Waals surface area contributed by atoms with Crippen molar-refractivity contribution in [1.29, 1.82) is 0 Å². The zero-order chi connectivity index (χ0) is 25.4. The molecule has 2 aromatic carbocycles. The van der Waals surface area contributed by atoms with Crippen molar-refractivity contribution in [1.82, 2.24) is 14.5 Å². The summed E-state index contributed by atoms with van der Waals surface area (Å²) in [6, 6.07) is 9.43. The third-order valence-corrected chi connectivity index (χ3v) is 6.53. The van der Waals surface area contributed by atoms with E-state index in [2.05, 4.69) is 4.90 Å². The van der Waals surface area contributed by atoms with E-state index in [9.17, 15) is 18.8 Å². The highest BCUT2D eigenvalue weighted by Gasteiger charge is 2.34. The van der Waals surface area contributed by atoms with E-state index in [1.807, 2.05) is 13.8 Å². The van der Waals surface area contributed by atoms with Crippen molar-refractivity contribution in [3.8, 4) is 5.75 Å². The normalized spacial score (nSPS) is 18.6. The molecule has 1 aliphatic rings. The quantitative estimate of drug-likeness (QED) is 0.315. The van der Waals surface area contributed by atoms with Gasteiger partial charge in [0, 0.05) is 49.4 Å². The van der Waals surface area contributed by atoms with Crippen LogP contribution in [0, 0.1) is 5.82 Å². The summed E-state index contributed by atoms with van der Waals surface area (Å²) in [6.45, 7) is 5.73. The van der Waals surface area contributed by atoms with E-state index in [0.717, 1.165) is 5.56 Å². The van der Waals surface area contributed by atoms with Crippen LogP contribution in [0.25, 0.3) is 10.9 Å². The van der Waals surface area contributed by atoms with Crippen LogP contribution in [0.3, 0.4) is 0 Å². The number of piperazine rings is 1. The van der Waals surface area contributed by atoms with Gasteiger partial charge in [-0.25, -0.2) is 4.39 Å². The van der Waals surface area contributed by atoms with Gasteiger partial charge in [0.05, 0.1) is 23.8 Å². The van der Waals surface area contributed by atoms with Crippen LogP contribution in [0.15, 0.2) is 42.6 Å². The van der Waals surface area contributed by atoms with Gasteiger partial charge in [0.15, 0.2) is 0 Å². The predicted octanol–water partition coefficient (Wildman–Crippen LogP) is 1.91. The first-order valence-electron chi connectivity index (χ1n) is 11.2. The second-order valence-electron chi connectivity index (χ2n) is 8.92. The lowest BCUT2D eigenvalue weighted by Gasteiger charge is -2.44. The minimum Gasteiger partial charge on any atom is -0.496 e. The molecule has 3 aromatic rings. The lowest BCUT2D eigenvalue weighted by molar-refractivity contribution is -0.114. The van der Waals surface area contributed by atoms with Gasteiger partial charge in [0.1, 0.15) is 11.6 Å². The van der Waals surface area contributed by atoms with Crippen LogP contribution in [0.4, 0.5) is 4.39 Å². The number of halogens is 1. The fraction of sp³-hybridized carbons (Fsp3) is 0.320. The first-order valence-corrected chi connectivity index (χ1v) is 11.2. The Kier molecular flexibility index (Phi) is 6.49. The Morgan fingerprint density at radius 1 is 1.06 bits per heavy atom. The molecule has 4 N–H and O–H groups in total. The molecule has 35 heavy (non-hydrogen) atoms. The number of ether oxygens (including phenoxy) is 1. The number of hydrogen-bond donors (Lipinski definition) is 2. The summed E-state index contributed by atoms with van der Waals surface area (Å²) in [5.41, 5.74) is 6.89. The molecule has 1 fully saturated rings. The first kappa shape index (κ1) is 24.2. The average Bonchev–Trinajstić information content (AvgIpc) is 3.16. The number of ketones is 1. The molecule has 10 heteroatoms. The summed E-state index contributed by atoms with van der Waals surface area (Å²) < 4.78 is 19.9. The summed E-state index contributed by atoms with van der Waals surface area (Å²) in [5, 5.41) is 0.344. The number of rotatable bonds is 6. The number of primary amides is 1. The molecule has 184 valence electrons. The van der Waals surface area contributed by atoms with Gasteiger partial charge in [-0.1, -0.05) is 12.1 Å². The second kappa shape index (κ2) is 9.38. The standard InChI is InChI=1S/C25H28FN5O4/c1-14-11-30(15(2)10-29(14)12-16-4-6-17(26)7-5-16)25(34)19-8-18-20(23(32)24(27)33)13-31(28)21(18)9-22(19)35-3/h4-9,13-15H,10-12,28H2,1-3H3,(H2,27,33)/t14-,15+/m0/s1. The molecule has 0 radical (unpaired) electrons. The minimum absolute atomic E-state index is 0.0252. The molecule has 1 aliphatic heterocycles. The van der Waals surface area contributed by atoms with Crippen molar-refractivity contribution in [2.45, 2.75) is 32.5 Å². The fourth-order valence-corrected chi connectivity index (χ4v) is 4.61. The molecular formula is C25H28FN5O4. The molecule has 2 atom stereocenters. The van der Waals surface area contributed by atoms with Crippen LogP contribution in [-0.2, 0) is 11.3 Å². The molecule has 0 saturated carbocycles. The molecular weight excluding hydrogens is 453 g/mol. The number of nitrogens with two attached hydrogens (primary N) is 2. The van der Waals surface area contributed by atoms with E-state index >= 15 is 0 Å². The van der Waals surface area contributed by atoms with E-state index < -0.39 is 11.7 Å². The number of methoxy groups -OCH3 is 1. The molecule has 0 spiro atoms. The smallest absolute Gasteiger partial charge is 0.289 e. The third kappa shape index (κ3) is 4.57. The van der Waals surface area contributed by atoms with Crippen molar-refractivity contribution in [3.05, 3.63) is 65.1 Å². The third-order valence-electron chi connectivity index (χ3n) is 6.53. The van der Waals surface area contributed by atoms with Gasteiger partial charge in [-0.2, -0.15) is 0 Å². The molecule has 0 bridgehead atoms. The number of carbonyl (C=O) groups is 3. The van der Waals surface area contributed by atoms with Crippen LogP contribution >= 0.6 is 0 Å². The van der Waals surface area contributed by atoms with Gasteiger partial charge in [0.2, 0.25) is 0 Å². The number of aromatic nitrogens is 1. The van der Waals surface area contributed by atoms with Gasteiger partial charge in [-0.3, -0.25) is 24.0 Å². The molecule has 9 nitrogen and oxygen atoms in total. The lowest BCUT2D eigenvalue weighted by Crippen LogP contribution is -2.57. The van der Waals surface area contributed by atoms with Gasteiger partial charge in [-0.05, 0) is 37.6 Å². The summed E-state index contributed by atoms with van der Waals surface area (Å²) in [7, 11) is 1.45. The SMILES string of the molecule is COc1cc2c(cc1C(=O)N1C[C@H](C)N(Cc3ccc(F)cc3)C[C@H]1C)c(C(=O)C(N)=O)cn2N. The first-order chi connectivity index (χ1) is 16.6. The van der Waals surface area contributed by atoms with E-state index in [0.29, 0.717) is 36.3 Å². The number of nitrogens with zero attached hydrogens (tertiary/aromatic N) is 3. The molecule has 2 amide bonds. The predicted molar refractivity (Wildman–Crippen MR) is 129 cm³/mol. The van der Waals surface area contributed by atoms with Crippen molar-refractivity contribution in [2.75, 3.05) is 26.0 Å². The monoisotopic (exact) mass is 481 g/mol. The average molecular weight is 482 g/mol. The summed E-state index contributed by atoms with van der Waals surface area (Å²) >= 11 is 0. The number of benzene rings is 2. The van der Waals surface area contributed by atoms with Crippen molar-refractivity contribution in [3.63, 3.8) is 0 Å². The maximum absolute atomic E-state index is 13.7. The Bertz CT molecular complexity index is 1300. The molecule has 0 unspecified atom stereocenters. The molecule has 4 rings (SSSR count). The van der Waals surface area contributed by atoms with Crippen LogP contribution in [0.1, 0.15) is 40.1 Å². The Morgan fingerprint density at radius 3 is 2.37 bits per heavy atom. The van der Waals surface area contributed by atoms with Crippen molar-refractivity contribution < 1.29 is 23.5 Å². The maximum atomic E-state index is 13.7. The van der Waals surface area contributed by atoms with Gasteiger partial charge >= 0.3 is 0 Å². The van der Waals surface area contributed by atoms with Gasteiger partial charge in [0.25, 0.3) is 17.6 Å². The molecule has 0 aliphatic carbocycles. The summed E-state index contributed by atoms with van der Waals surface area (Å²) in [4.78, 5) is 41.5. The zero-order valence-corrected chi connectivity index (χ0v) is 19.8. The van der Waals surface area contributed by atoms with Crippen LogP contribution in [-0.4, -0.2) is 64.4 Å². The summed E-state index contributed by atoms with van der Waals surface area (Å²) in [6.07, 6.45) is 1.31. The Morgan fingerprint density at radius 2 is 1.74 bits per heavy atom. The maximum Gasteiger partial charge on any atom is 0.289 e. The molecule has 2 heterocycles. The fourth-order valence-electron chi connectivity index (χ4n) is 4.61. The Hall–Kier alpha value is -3.92. The highest BCUT2D eigenvalue weighted by Crippen LogP contribution is 2.31. The van der Waals surface area contributed by atoms with E-state index in [-0.39, 0.29) is 34.9 Å². The number of Topliss-reactive ketones (excluding diaryl/α,β-unsaturated/α-hetero) is 1. The van der Waals surface area contributed by atoms with E-state index in [4.69, 9.17) is 16.3 Å². The number of hydrogen-bond acceptors (Lipinski definition) is 6. The second-order valence-corrected chi connectivity index (χ2v) is 8.92. The van der Waals surface area contributed by atoms with E-state index in [1.165, 1.54) is 36.2 Å². The highest BCUT2D eigenvalue weighted by molar-refractivity contribution is 6.44. The highest BCUT2D eigenvalue weighted by atomic mass is 19.1. The van der Waals surface area contributed by atoms with Crippen molar-refractivity contribution in [2.24, 2.45) is 5.73 Å². The minimum atomic E-state index is -1.11. The summed E-state index contributed by atoms with van der Waals surface area (Å²) in [5.74, 6) is 3.74. The lowest BCUT2D eigenvalue weighted by atomic mass is 10.0. The number of nitrogen functional groups attached to an aromatic ring is 1.